The van der Waals surface area contributed by atoms with Crippen LogP contribution in [0.1, 0.15) is 18.4 Å². The molecule has 110 valence electrons. The Morgan fingerprint density at radius 2 is 2.24 bits per heavy atom. The topological polar surface area (TPSA) is 60.4 Å². The molecule has 1 amide bonds. The van der Waals surface area contributed by atoms with Crippen LogP contribution in [-0.4, -0.2) is 27.6 Å². The molecule has 4 nitrogen and oxygen atoms in total. The first-order chi connectivity index (χ1) is 9.97. The van der Waals surface area contributed by atoms with Crippen molar-refractivity contribution in [2.45, 2.75) is 12.8 Å². The molecule has 0 aliphatic carbocycles. The first kappa shape index (κ1) is 15.7. The zero-order valence-corrected chi connectivity index (χ0v) is 12.5. The lowest BCUT2D eigenvalue weighted by Crippen LogP contribution is -2.30. The number of carboxylic acids is 1. The highest BCUT2D eigenvalue weighted by molar-refractivity contribution is 8.26. The minimum atomic E-state index is -1.16. The molecule has 1 aliphatic rings. The van der Waals surface area contributed by atoms with Gasteiger partial charge < -0.3 is 9.90 Å². The van der Waals surface area contributed by atoms with Crippen LogP contribution < -0.4 is 5.11 Å². The summed E-state index contributed by atoms with van der Waals surface area (Å²) in [6.45, 7) is 0.235. The number of rotatable bonds is 5. The van der Waals surface area contributed by atoms with E-state index >= 15 is 0 Å². The number of carboxylic acid groups (broad SMARTS) is 1. The van der Waals surface area contributed by atoms with Crippen LogP contribution in [0.4, 0.5) is 4.39 Å². The molecular weight excluding hydrogens is 313 g/mol. The molecule has 1 aliphatic heterocycles. The Balaban J connectivity index is 2.08. The maximum atomic E-state index is 13.1. The van der Waals surface area contributed by atoms with Crippen LogP contribution in [0.15, 0.2) is 29.2 Å². The quantitative estimate of drug-likeness (QED) is 0.608. The Morgan fingerprint density at radius 1 is 1.48 bits per heavy atom. The molecule has 1 saturated heterocycles. The third-order valence-corrected chi connectivity index (χ3v) is 4.16. The molecule has 0 saturated carbocycles. The lowest BCUT2D eigenvalue weighted by atomic mass is 10.2. The van der Waals surface area contributed by atoms with Crippen LogP contribution in [0.2, 0.25) is 0 Å². The van der Waals surface area contributed by atoms with E-state index in [1.165, 1.54) is 17.0 Å². The van der Waals surface area contributed by atoms with Crippen molar-refractivity contribution in [3.05, 3.63) is 40.6 Å². The SMILES string of the molecule is O=C([O-])CCCN1C(=O)/C(=C/c2cccc(F)c2)SC1=S. The summed E-state index contributed by atoms with van der Waals surface area (Å²) in [7, 11) is 0. The van der Waals surface area contributed by atoms with E-state index in [0.29, 0.717) is 14.8 Å². The Kier molecular flexibility index (Phi) is 5.08. The molecule has 21 heavy (non-hydrogen) atoms. The van der Waals surface area contributed by atoms with Crippen molar-refractivity contribution in [3.8, 4) is 0 Å². The molecule has 0 bridgehead atoms. The highest BCUT2D eigenvalue weighted by Crippen LogP contribution is 2.32. The number of halogens is 1. The number of hydrogen-bond donors (Lipinski definition) is 0. The number of carbonyl (C=O) groups excluding carboxylic acids is 2. The normalized spacial score (nSPS) is 16.8. The van der Waals surface area contributed by atoms with E-state index in [4.69, 9.17) is 12.2 Å². The van der Waals surface area contributed by atoms with Crippen molar-refractivity contribution in [2.75, 3.05) is 6.54 Å². The third-order valence-electron chi connectivity index (χ3n) is 2.78. The standard InChI is InChI=1S/C14H12FNO3S2/c15-10-4-1-3-9(7-10)8-11-13(19)16(14(20)21-11)6-2-5-12(17)18/h1,3-4,7-8H,2,5-6H2,(H,17,18)/p-1/b11-8-. The summed E-state index contributed by atoms with van der Waals surface area (Å²) in [5, 5.41) is 10.4. The van der Waals surface area contributed by atoms with Gasteiger partial charge in [0.25, 0.3) is 5.91 Å². The molecule has 0 atom stereocenters. The first-order valence-electron chi connectivity index (χ1n) is 6.18. The molecule has 1 aromatic rings. The molecule has 7 heteroatoms. The Labute approximate surface area is 130 Å². The van der Waals surface area contributed by atoms with Gasteiger partial charge in [0.05, 0.1) is 4.91 Å². The summed E-state index contributed by atoms with van der Waals surface area (Å²) >= 11 is 6.23. The van der Waals surface area contributed by atoms with E-state index in [2.05, 4.69) is 0 Å². The molecular formula is C14H11FNO3S2-. The minimum Gasteiger partial charge on any atom is -0.550 e. The monoisotopic (exact) mass is 324 g/mol. The molecule has 1 heterocycles. The fourth-order valence-corrected chi connectivity index (χ4v) is 3.13. The predicted octanol–water partition coefficient (Wildman–Crippen LogP) is 1.56. The van der Waals surface area contributed by atoms with Crippen molar-refractivity contribution < 1.29 is 19.1 Å². The third kappa shape index (κ3) is 4.12. The van der Waals surface area contributed by atoms with Crippen molar-refractivity contribution in [2.24, 2.45) is 0 Å². The number of nitrogens with zero attached hydrogens (tertiary/aromatic N) is 1. The van der Waals surface area contributed by atoms with E-state index in [1.54, 1.807) is 18.2 Å². The van der Waals surface area contributed by atoms with Crippen molar-refractivity contribution >= 4 is 46.3 Å². The van der Waals surface area contributed by atoms with Crippen molar-refractivity contribution in [3.63, 3.8) is 0 Å². The van der Waals surface area contributed by atoms with Crippen LogP contribution in [0, 0.1) is 5.82 Å². The number of hydrogen-bond acceptors (Lipinski definition) is 5. The van der Waals surface area contributed by atoms with Crippen LogP contribution in [0.3, 0.4) is 0 Å². The van der Waals surface area contributed by atoms with Crippen molar-refractivity contribution in [1.82, 2.24) is 4.90 Å². The van der Waals surface area contributed by atoms with Crippen molar-refractivity contribution in [1.29, 1.82) is 0 Å². The van der Waals surface area contributed by atoms with Gasteiger partial charge in [-0.3, -0.25) is 9.69 Å². The van der Waals surface area contributed by atoms with Gasteiger partial charge in [-0.25, -0.2) is 4.39 Å². The molecule has 0 spiro atoms. The number of thioether (sulfide) groups is 1. The van der Waals surface area contributed by atoms with Crippen LogP contribution in [-0.2, 0) is 9.59 Å². The van der Waals surface area contributed by atoms with Gasteiger partial charge in [0.2, 0.25) is 0 Å². The first-order valence-corrected chi connectivity index (χ1v) is 7.40. The van der Waals surface area contributed by atoms with Gasteiger partial charge in [-0.1, -0.05) is 36.1 Å². The van der Waals surface area contributed by atoms with Crippen LogP contribution in [0.5, 0.6) is 0 Å². The maximum Gasteiger partial charge on any atom is 0.266 e. The lowest BCUT2D eigenvalue weighted by Gasteiger charge is -2.14. The average molecular weight is 324 g/mol. The van der Waals surface area contributed by atoms with Gasteiger partial charge in [-0.2, -0.15) is 0 Å². The second kappa shape index (κ2) is 6.82. The Bertz CT molecular complexity index is 630. The van der Waals surface area contributed by atoms with E-state index in [0.717, 1.165) is 11.8 Å². The zero-order chi connectivity index (χ0) is 15.4. The summed E-state index contributed by atoms with van der Waals surface area (Å²) < 4.78 is 13.5. The fraction of sp³-hybridized carbons (Fsp3) is 0.214. The number of carbonyl (C=O) groups is 2. The smallest absolute Gasteiger partial charge is 0.266 e. The highest BCUT2D eigenvalue weighted by Gasteiger charge is 2.31. The second-order valence-electron chi connectivity index (χ2n) is 4.36. The maximum absolute atomic E-state index is 13.1. The summed E-state index contributed by atoms with van der Waals surface area (Å²) in [5.74, 6) is -1.82. The number of thiocarbonyl (C=S) groups is 1. The highest BCUT2D eigenvalue weighted by atomic mass is 32.2. The van der Waals surface area contributed by atoms with Crippen LogP contribution >= 0.6 is 24.0 Å². The minimum absolute atomic E-state index is 0.125. The Morgan fingerprint density at radius 3 is 2.90 bits per heavy atom. The van der Waals surface area contributed by atoms with Gasteiger partial charge in [0.15, 0.2) is 0 Å². The van der Waals surface area contributed by atoms with E-state index in [9.17, 15) is 19.1 Å². The fourth-order valence-electron chi connectivity index (χ4n) is 1.82. The summed E-state index contributed by atoms with van der Waals surface area (Å²) in [4.78, 5) is 24.3. The van der Waals surface area contributed by atoms with Gasteiger partial charge in [-0.05, 0) is 36.6 Å². The van der Waals surface area contributed by atoms with E-state index in [1.807, 2.05) is 0 Å². The predicted molar refractivity (Wildman–Crippen MR) is 80.5 cm³/mol. The molecule has 0 unspecified atom stereocenters. The number of aliphatic carboxylic acids is 1. The molecule has 0 radical (unpaired) electrons. The number of benzene rings is 1. The number of amides is 1. The van der Waals surface area contributed by atoms with Gasteiger partial charge in [0, 0.05) is 12.5 Å². The van der Waals surface area contributed by atoms with E-state index < -0.39 is 5.97 Å². The van der Waals surface area contributed by atoms with Crippen LogP contribution in [0.25, 0.3) is 6.08 Å². The molecule has 1 aromatic carbocycles. The van der Waals surface area contributed by atoms with Gasteiger partial charge in [0.1, 0.15) is 10.1 Å². The summed E-state index contributed by atoms with van der Waals surface area (Å²) in [5.41, 5.74) is 0.574. The van der Waals surface area contributed by atoms with Gasteiger partial charge in [-0.15, -0.1) is 0 Å². The zero-order valence-electron chi connectivity index (χ0n) is 10.9. The van der Waals surface area contributed by atoms with E-state index in [-0.39, 0.29) is 31.1 Å². The molecule has 2 rings (SSSR count). The molecule has 0 N–H and O–H groups in total. The Hall–Kier alpha value is -1.73. The summed E-state index contributed by atoms with van der Waals surface area (Å²) in [6.07, 6.45) is 1.73. The lowest BCUT2D eigenvalue weighted by molar-refractivity contribution is -0.305. The largest absolute Gasteiger partial charge is 0.550 e. The average Bonchev–Trinajstić information content (AvgIpc) is 2.66. The second-order valence-corrected chi connectivity index (χ2v) is 6.04. The summed E-state index contributed by atoms with van der Waals surface area (Å²) in [6, 6.07) is 5.89. The molecule has 1 fully saturated rings. The molecule has 0 aromatic heterocycles. The van der Waals surface area contributed by atoms with Gasteiger partial charge >= 0.3 is 0 Å².